The van der Waals surface area contributed by atoms with Gasteiger partial charge < -0.3 is 10.1 Å². The van der Waals surface area contributed by atoms with Crippen molar-refractivity contribution >= 4 is 22.5 Å². The van der Waals surface area contributed by atoms with Gasteiger partial charge in [0.05, 0.1) is 18.3 Å². The third-order valence-electron chi connectivity index (χ3n) is 3.65. The lowest BCUT2D eigenvalue weighted by Gasteiger charge is -2.15. The lowest BCUT2D eigenvalue weighted by atomic mass is 10.2. The molecule has 1 aliphatic heterocycles. The summed E-state index contributed by atoms with van der Waals surface area (Å²) >= 11 is 0. The van der Waals surface area contributed by atoms with Crippen molar-refractivity contribution in [2.45, 2.75) is 13.0 Å². The minimum absolute atomic E-state index is 0.216. The van der Waals surface area contributed by atoms with E-state index < -0.39 is 0 Å². The molecule has 0 bridgehead atoms. The highest BCUT2D eigenvalue weighted by atomic mass is 16.5. The number of nitrogens with one attached hydrogen (secondary N) is 1. The number of hydrogen-bond donors (Lipinski definition) is 1. The molecule has 3 aromatic rings. The summed E-state index contributed by atoms with van der Waals surface area (Å²) in [6.07, 6.45) is 4.21. The minimum atomic E-state index is -0.216. The summed E-state index contributed by atoms with van der Waals surface area (Å²) in [5.41, 5.74) is 2.08. The van der Waals surface area contributed by atoms with E-state index in [-0.39, 0.29) is 5.91 Å². The highest BCUT2D eigenvalue weighted by Crippen LogP contribution is 2.24. The number of fused-ring (bicyclic) bond motifs is 2. The van der Waals surface area contributed by atoms with Gasteiger partial charge in [0, 0.05) is 30.2 Å². The van der Waals surface area contributed by atoms with Crippen molar-refractivity contribution in [3.05, 3.63) is 48.3 Å². The van der Waals surface area contributed by atoms with Crippen molar-refractivity contribution in [3.8, 4) is 5.88 Å². The van der Waals surface area contributed by atoms with Crippen LogP contribution in [0.5, 0.6) is 5.88 Å². The Morgan fingerprint density at radius 1 is 1.32 bits per heavy atom. The van der Waals surface area contributed by atoms with Crippen LogP contribution in [0.15, 0.2) is 42.7 Å². The summed E-state index contributed by atoms with van der Waals surface area (Å²) in [7, 11) is 0. The second-order valence-corrected chi connectivity index (χ2v) is 5.15. The Balaban J connectivity index is 1.62. The topological polar surface area (TPSA) is 69.0 Å². The zero-order chi connectivity index (χ0) is 14.9. The molecule has 22 heavy (non-hydrogen) atoms. The molecule has 1 aromatic carbocycles. The number of carbonyl (C=O) groups excluding carboxylic acids is 1. The molecule has 3 heterocycles. The van der Waals surface area contributed by atoms with E-state index in [2.05, 4.69) is 15.4 Å². The van der Waals surface area contributed by atoms with Crippen molar-refractivity contribution in [1.82, 2.24) is 14.8 Å². The number of benzene rings is 1. The fourth-order valence-electron chi connectivity index (χ4n) is 2.58. The van der Waals surface area contributed by atoms with E-state index in [9.17, 15) is 4.79 Å². The number of carbonyl (C=O) groups is 1. The summed E-state index contributed by atoms with van der Waals surface area (Å²) in [6.45, 7) is 1.40. The second kappa shape index (κ2) is 5.14. The van der Waals surface area contributed by atoms with E-state index in [4.69, 9.17) is 4.74 Å². The standard InChI is InChI=1S/C16H14N4O2/c21-15(13-10-18-20-7-2-8-22-16(13)20)19-12-4-5-14-11(9-12)3-1-6-17-14/h1,3-6,9-10H,2,7-8H2,(H,19,21). The van der Waals surface area contributed by atoms with Gasteiger partial charge in [0.2, 0.25) is 5.88 Å². The Kier molecular flexibility index (Phi) is 3.00. The van der Waals surface area contributed by atoms with Crippen molar-refractivity contribution in [2.24, 2.45) is 0 Å². The van der Waals surface area contributed by atoms with Gasteiger partial charge in [0.15, 0.2) is 0 Å². The van der Waals surface area contributed by atoms with Crippen LogP contribution in [-0.2, 0) is 6.54 Å². The van der Waals surface area contributed by atoms with Crippen molar-refractivity contribution < 1.29 is 9.53 Å². The first-order valence-electron chi connectivity index (χ1n) is 7.16. The zero-order valence-corrected chi connectivity index (χ0v) is 11.8. The van der Waals surface area contributed by atoms with Crippen molar-refractivity contribution in [1.29, 1.82) is 0 Å². The highest BCUT2D eigenvalue weighted by molar-refractivity contribution is 6.06. The van der Waals surface area contributed by atoms with Crippen LogP contribution in [0.4, 0.5) is 5.69 Å². The number of ether oxygens (including phenoxy) is 1. The molecule has 0 fully saturated rings. The molecule has 1 N–H and O–H groups in total. The Morgan fingerprint density at radius 3 is 3.23 bits per heavy atom. The lowest BCUT2D eigenvalue weighted by molar-refractivity contribution is 0.102. The molecular weight excluding hydrogens is 280 g/mol. The lowest BCUT2D eigenvalue weighted by Crippen LogP contribution is -2.18. The molecule has 0 radical (unpaired) electrons. The highest BCUT2D eigenvalue weighted by Gasteiger charge is 2.21. The predicted octanol–water partition coefficient (Wildman–Crippen LogP) is 2.47. The third-order valence-corrected chi connectivity index (χ3v) is 3.65. The van der Waals surface area contributed by atoms with E-state index >= 15 is 0 Å². The molecule has 0 saturated carbocycles. The number of anilines is 1. The fourth-order valence-corrected chi connectivity index (χ4v) is 2.58. The number of aryl methyl sites for hydroxylation is 1. The number of rotatable bonds is 2. The van der Waals surface area contributed by atoms with Gasteiger partial charge in [0.25, 0.3) is 5.91 Å². The zero-order valence-electron chi connectivity index (χ0n) is 11.8. The van der Waals surface area contributed by atoms with Crippen LogP contribution in [0, 0.1) is 0 Å². The Bertz CT molecular complexity index is 856. The smallest absolute Gasteiger partial charge is 0.262 e. The van der Waals surface area contributed by atoms with Crippen LogP contribution in [0.3, 0.4) is 0 Å². The van der Waals surface area contributed by atoms with Gasteiger partial charge >= 0.3 is 0 Å². The van der Waals surface area contributed by atoms with Crippen LogP contribution in [0.1, 0.15) is 16.8 Å². The Labute approximate surface area is 126 Å². The molecule has 0 unspecified atom stereocenters. The van der Waals surface area contributed by atoms with E-state index in [0.717, 1.165) is 29.6 Å². The van der Waals surface area contributed by atoms with Crippen molar-refractivity contribution in [3.63, 3.8) is 0 Å². The van der Waals surface area contributed by atoms with Gasteiger partial charge in [-0.2, -0.15) is 5.10 Å². The molecule has 2 aromatic heterocycles. The molecule has 0 atom stereocenters. The van der Waals surface area contributed by atoms with Gasteiger partial charge in [-0.05, 0) is 24.3 Å². The molecule has 1 amide bonds. The summed E-state index contributed by atoms with van der Waals surface area (Å²) in [5, 5.41) is 8.06. The van der Waals surface area contributed by atoms with Gasteiger partial charge in [-0.1, -0.05) is 6.07 Å². The molecule has 6 heteroatoms. The summed E-state index contributed by atoms with van der Waals surface area (Å²) in [6, 6.07) is 9.45. The van der Waals surface area contributed by atoms with Crippen molar-refractivity contribution in [2.75, 3.05) is 11.9 Å². The largest absolute Gasteiger partial charge is 0.477 e. The number of pyridine rings is 1. The molecule has 4 rings (SSSR count). The van der Waals surface area contributed by atoms with Gasteiger partial charge in [-0.15, -0.1) is 0 Å². The third kappa shape index (κ3) is 2.18. The van der Waals surface area contributed by atoms with Crippen LogP contribution < -0.4 is 10.1 Å². The SMILES string of the molecule is O=C(Nc1ccc2ncccc2c1)c1cnn2c1OCCC2. The second-order valence-electron chi connectivity index (χ2n) is 5.15. The quantitative estimate of drug-likeness (QED) is 0.788. The molecular formula is C16H14N4O2. The fraction of sp³-hybridized carbons (Fsp3) is 0.188. The maximum atomic E-state index is 12.4. The van der Waals surface area contributed by atoms with Gasteiger partial charge in [-0.25, -0.2) is 4.68 Å². The average Bonchev–Trinajstić information content (AvgIpc) is 2.99. The normalized spacial score (nSPS) is 13.5. The monoisotopic (exact) mass is 294 g/mol. The first-order valence-corrected chi connectivity index (χ1v) is 7.16. The van der Waals surface area contributed by atoms with Crippen LogP contribution >= 0.6 is 0 Å². The first kappa shape index (κ1) is 12.8. The first-order chi connectivity index (χ1) is 10.8. The summed E-state index contributed by atoms with van der Waals surface area (Å²) in [5.74, 6) is 0.331. The maximum Gasteiger partial charge on any atom is 0.262 e. The van der Waals surface area contributed by atoms with Gasteiger partial charge in [0.1, 0.15) is 5.56 Å². The number of amides is 1. The number of aromatic nitrogens is 3. The van der Waals surface area contributed by atoms with E-state index in [1.54, 1.807) is 17.1 Å². The van der Waals surface area contributed by atoms with E-state index in [0.29, 0.717) is 18.1 Å². The summed E-state index contributed by atoms with van der Waals surface area (Å²) < 4.78 is 7.28. The van der Waals surface area contributed by atoms with Crippen LogP contribution in [-0.4, -0.2) is 27.3 Å². The number of hydrogen-bond acceptors (Lipinski definition) is 4. The maximum absolute atomic E-state index is 12.4. The van der Waals surface area contributed by atoms with Crippen LogP contribution in [0.25, 0.3) is 10.9 Å². The van der Waals surface area contributed by atoms with E-state index in [1.165, 1.54) is 0 Å². The summed E-state index contributed by atoms with van der Waals surface area (Å²) in [4.78, 5) is 16.7. The molecule has 0 spiro atoms. The molecule has 0 saturated heterocycles. The molecule has 0 aliphatic carbocycles. The molecule has 110 valence electrons. The Morgan fingerprint density at radius 2 is 2.27 bits per heavy atom. The van der Waals surface area contributed by atoms with Crippen LogP contribution in [0.2, 0.25) is 0 Å². The average molecular weight is 294 g/mol. The van der Waals surface area contributed by atoms with Gasteiger partial charge in [-0.3, -0.25) is 9.78 Å². The predicted molar refractivity (Wildman–Crippen MR) is 82.0 cm³/mol. The Hall–Kier alpha value is -2.89. The van der Waals surface area contributed by atoms with E-state index in [1.807, 2.05) is 30.3 Å². The molecule has 1 aliphatic rings. The molecule has 6 nitrogen and oxygen atoms in total. The minimum Gasteiger partial charge on any atom is -0.477 e. The number of nitrogens with zero attached hydrogens (tertiary/aromatic N) is 3.